The maximum absolute atomic E-state index is 12.5. The Kier molecular flexibility index (Phi) is 4.07. The summed E-state index contributed by atoms with van der Waals surface area (Å²) in [6.07, 6.45) is 0. The summed E-state index contributed by atoms with van der Waals surface area (Å²) in [7, 11) is 0. The third kappa shape index (κ3) is 2.94. The van der Waals surface area contributed by atoms with E-state index in [0.29, 0.717) is 5.56 Å². The molecule has 0 saturated carbocycles. The Balaban J connectivity index is 1.94. The van der Waals surface area contributed by atoms with E-state index in [1.54, 1.807) is 0 Å². The molecule has 0 bridgehead atoms. The Hall–Kier alpha value is -1.27. The number of thioether (sulfide) groups is 1. The Morgan fingerprint density at radius 1 is 1.27 bits per heavy atom. The molecule has 0 unspecified atom stereocenters. The minimum absolute atomic E-state index is 0.0994. The number of carbonyl (C=O) groups is 1. The van der Waals surface area contributed by atoms with Gasteiger partial charge in [-0.1, -0.05) is 15.9 Å². The minimum Gasteiger partial charge on any atom is -0.306 e. The minimum atomic E-state index is -0.169. The molecule has 116 valence electrons. The lowest BCUT2D eigenvalue weighted by Gasteiger charge is -2.23. The molecule has 0 aliphatic carbocycles. The van der Waals surface area contributed by atoms with Gasteiger partial charge in [0.25, 0.3) is 5.91 Å². The maximum Gasteiger partial charge on any atom is 0.256 e. The van der Waals surface area contributed by atoms with E-state index in [4.69, 9.17) is 5.10 Å². The first-order chi connectivity index (χ1) is 10.4. The molecule has 22 heavy (non-hydrogen) atoms. The first-order valence-electron chi connectivity index (χ1n) is 7.12. The molecule has 0 atom stereocenters. The Labute approximate surface area is 142 Å². The summed E-state index contributed by atoms with van der Waals surface area (Å²) < 4.78 is 2.90. The van der Waals surface area contributed by atoms with E-state index in [1.165, 1.54) is 0 Å². The van der Waals surface area contributed by atoms with Gasteiger partial charge in [-0.3, -0.25) is 4.79 Å². The van der Waals surface area contributed by atoms with Gasteiger partial charge in [-0.15, -0.1) is 0 Å². The zero-order valence-corrected chi connectivity index (χ0v) is 15.2. The number of hydrogen-bond acceptors (Lipinski definition) is 3. The van der Waals surface area contributed by atoms with Crippen LogP contribution in [0.5, 0.6) is 0 Å². The zero-order valence-electron chi connectivity index (χ0n) is 12.8. The van der Waals surface area contributed by atoms with Gasteiger partial charge in [0.1, 0.15) is 5.82 Å². The number of benzene rings is 1. The van der Waals surface area contributed by atoms with Crippen molar-refractivity contribution < 1.29 is 4.79 Å². The van der Waals surface area contributed by atoms with E-state index in [-0.39, 0.29) is 11.4 Å². The quantitative estimate of drug-likeness (QED) is 0.840. The molecule has 1 aliphatic rings. The van der Waals surface area contributed by atoms with E-state index in [1.807, 2.05) is 40.7 Å². The number of fused-ring (bicyclic) bond motifs is 1. The molecule has 0 spiro atoms. The lowest BCUT2D eigenvalue weighted by Crippen LogP contribution is -2.27. The molecule has 0 fully saturated rings. The summed E-state index contributed by atoms with van der Waals surface area (Å²) in [5, 5.41) is 7.76. The second-order valence-electron chi connectivity index (χ2n) is 6.31. The van der Waals surface area contributed by atoms with Crippen LogP contribution < -0.4 is 5.32 Å². The predicted molar refractivity (Wildman–Crippen MR) is 94.3 cm³/mol. The molecule has 1 aliphatic heterocycles. The molecule has 1 aromatic carbocycles. The monoisotopic (exact) mass is 379 g/mol. The van der Waals surface area contributed by atoms with E-state index in [0.717, 1.165) is 33.1 Å². The number of anilines is 1. The topological polar surface area (TPSA) is 46.9 Å². The first kappa shape index (κ1) is 15.6. The van der Waals surface area contributed by atoms with Crippen molar-refractivity contribution in [3.05, 3.63) is 45.6 Å². The summed E-state index contributed by atoms with van der Waals surface area (Å²) in [6.45, 7) is 6.28. The van der Waals surface area contributed by atoms with Gasteiger partial charge in [0.05, 0.1) is 11.2 Å². The molecule has 6 heteroatoms. The molecule has 3 rings (SSSR count). The smallest absolute Gasteiger partial charge is 0.256 e. The van der Waals surface area contributed by atoms with Gasteiger partial charge in [-0.05, 0) is 45.0 Å². The molecular formula is C16H18BrN3OS. The number of rotatable bonds is 2. The van der Waals surface area contributed by atoms with E-state index < -0.39 is 0 Å². The van der Waals surface area contributed by atoms with Gasteiger partial charge in [0.2, 0.25) is 0 Å². The van der Waals surface area contributed by atoms with Crippen LogP contribution in [0.1, 0.15) is 42.4 Å². The van der Waals surface area contributed by atoms with Crippen LogP contribution in [0, 0.1) is 0 Å². The van der Waals surface area contributed by atoms with E-state index in [2.05, 4.69) is 42.0 Å². The van der Waals surface area contributed by atoms with E-state index in [9.17, 15) is 4.79 Å². The summed E-state index contributed by atoms with van der Waals surface area (Å²) in [5.74, 6) is 2.55. The van der Waals surface area contributed by atoms with Crippen molar-refractivity contribution in [2.24, 2.45) is 0 Å². The molecule has 0 saturated heterocycles. The van der Waals surface area contributed by atoms with Crippen molar-refractivity contribution in [3.63, 3.8) is 0 Å². The van der Waals surface area contributed by atoms with Gasteiger partial charge in [-0.2, -0.15) is 16.9 Å². The standard InChI is InChI=1S/C16H18BrN3OS/c1-16(2,3)20-14(12-8-22-9-13(12)19-20)18-15(21)10-4-6-11(17)7-5-10/h4-7H,8-9H2,1-3H3,(H,18,21). The van der Waals surface area contributed by atoms with Gasteiger partial charge in [-0.25, -0.2) is 4.68 Å². The van der Waals surface area contributed by atoms with Crippen molar-refractivity contribution in [2.45, 2.75) is 37.8 Å². The van der Waals surface area contributed by atoms with Crippen LogP contribution >= 0.6 is 27.7 Å². The number of amides is 1. The molecular weight excluding hydrogens is 362 g/mol. The highest BCUT2D eigenvalue weighted by molar-refractivity contribution is 9.10. The van der Waals surface area contributed by atoms with Crippen molar-refractivity contribution in [1.82, 2.24) is 9.78 Å². The van der Waals surface area contributed by atoms with Crippen molar-refractivity contribution in [1.29, 1.82) is 0 Å². The predicted octanol–water partition coefficient (Wildman–Crippen LogP) is 4.40. The highest BCUT2D eigenvalue weighted by atomic mass is 79.9. The normalized spacial score (nSPS) is 14.0. The van der Waals surface area contributed by atoms with Crippen LogP contribution in [0.15, 0.2) is 28.7 Å². The molecule has 2 aromatic rings. The summed E-state index contributed by atoms with van der Waals surface area (Å²) in [5.41, 5.74) is 2.72. The third-order valence-corrected chi connectivity index (χ3v) is 5.02. The van der Waals surface area contributed by atoms with Crippen molar-refractivity contribution in [3.8, 4) is 0 Å². The van der Waals surface area contributed by atoms with Gasteiger partial charge in [0.15, 0.2) is 0 Å². The average molecular weight is 380 g/mol. The van der Waals surface area contributed by atoms with Crippen LogP contribution in [0.4, 0.5) is 5.82 Å². The number of hydrogen-bond donors (Lipinski definition) is 1. The largest absolute Gasteiger partial charge is 0.306 e. The zero-order chi connectivity index (χ0) is 15.9. The van der Waals surface area contributed by atoms with Gasteiger partial charge < -0.3 is 5.32 Å². The number of nitrogens with one attached hydrogen (secondary N) is 1. The number of carbonyl (C=O) groups excluding carboxylic acids is 1. The lowest BCUT2D eigenvalue weighted by molar-refractivity contribution is 0.102. The van der Waals surface area contributed by atoms with Crippen LogP contribution in [-0.4, -0.2) is 15.7 Å². The summed E-state index contributed by atoms with van der Waals surface area (Å²) in [6, 6.07) is 7.37. The second-order valence-corrected chi connectivity index (χ2v) is 8.21. The summed E-state index contributed by atoms with van der Waals surface area (Å²) in [4.78, 5) is 12.5. The molecule has 1 aromatic heterocycles. The van der Waals surface area contributed by atoms with Crippen molar-refractivity contribution in [2.75, 3.05) is 5.32 Å². The van der Waals surface area contributed by atoms with Crippen molar-refractivity contribution >= 4 is 39.4 Å². The fraction of sp³-hybridized carbons (Fsp3) is 0.375. The molecule has 1 amide bonds. The Bertz CT molecular complexity index is 716. The highest BCUT2D eigenvalue weighted by Gasteiger charge is 2.28. The van der Waals surface area contributed by atoms with Gasteiger partial charge >= 0.3 is 0 Å². The van der Waals surface area contributed by atoms with Crippen LogP contribution in [-0.2, 0) is 17.0 Å². The number of nitrogens with zero attached hydrogens (tertiary/aromatic N) is 2. The molecule has 0 radical (unpaired) electrons. The van der Waals surface area contributed by atoms with Crippen LogP contribution in [0.3, 0.4) is 0 Å². The molecule has 2 heterocycles. The fourth-order valence-electron chi connectivity index (χ4n) is 2.41. The van der Waals surface area contributed by atoms with Crippen LogP contribution in [0.2, 0.25) is 0 Å². The highest BCUT2D eigenvalue weighted by Crippen LogP contribution is 2.37. The number of halogens is 1. The SMILES string of the molecule is CC(C)(C)n1nc2c(c1NC(=O)c1ccc(Br)cc1)CSC2. The third-order valence-electron chi connectivity index (χ3n) is 3.53. The Morgan fingerprint density at radius 3 is 2.59 bits per heavy atom. The molecule has 1 N–H and O–H groups in total. The first-order valence-corrected chi connectivity index (χ1v) is 9.07. The average Bonchev–Trinajstić information content (AvgIpc) is 3.01. The lowest BCUT2D eigenvalue weighted by atomic mass is 10.1. The fourth-order valence-corrected chi connectivity index (χ4v) is 3.71. The molecule has 4 nitrogen and oxygen atoms in total. The second kappa shape index (κ2) is 5.74. The maximum atomic E-state index is 12.5. The van der Waals surface area contributed by atoms with E-state index >= 15 is 0 Å². The van der Waals surface area contributed by atoms with Gasteiger partial charge in [0, 0.05) is 27.1 Å². The summed E-state index contributed by atoms with van der Waals surface area (Å²) >= 11 is 5.22. The number of aromatic nitrogens is 2. The Morgan fingerprint density at radius 2 is 1.95 bits per heavy atom. The van der Waals surface area contributed by atoms with Crippen LogP contribution in [0.25, 0.3) is 0 Å².